The third kappa shape index (κ3) is 8.86. The number of rotatable bonds is 13. The predicted molar refractivity (Wildman–Crippen MR) is 152 cm³/mol. The number of urea groups is 1. The number of anilines is 2. The molecule has 0 aliphatic heterocycles. The summed E-state index contributed by atoms with van der Waals surface area (Å²) in [5, 5.41) is 17.8. The van der Waals surface area contributed by atoms with Crippen molar-refractivity contribution < 1.29 is 28.6 Å². The maximum absolute atomic E-state index is 13.0. The molecule has 10 nitrogen and oxygen atoms in total. The largest absolute Gasteiger partial charge is 0.492 e. The van der Waals surface area contributed by atoms with E-state index in [1.807, 2.05) is 52.0 Å². The van der Waals surface area contributed by atoms with Crippen molar-refractivity contribution in [1.82, 2.24) is 10.3 Å². The van der Waals surface area contributed by atoms with E-state index in [0.717, 1.165) is 5.56 Å². The van der Waals surface area contributed by atoms with Crippen molar-refractivity contribution >= 4 is 29.3 Å². The van der Waals surface area contributed by atoms with Gasteiger partial charge in [0.05, 0.1) is 30.8 Å². The number of carboxylic acid groups (broad SMARTS) is 1. The normalized spacial score (nSPS) is 12.4. The molecule has 1 aromatic heterocycles. The lowest BCUT2D eigenvalue weighted by atomic mass is 10.0. The highest BCUT2D eigenvalue weighted by atomic mass is 16.5. The SMILES string of the molecule is CCOc1cc(CC(=O)NC(CC(C)C)c2ncc(CC(C)C(=O)O)o2)ccc1NC(=O)Nc1ccccc1C. The molecular formula is C30H38N4O6. The number of amides is 3. The van der Waals surface area contributed by atoms with E-state index in [1.54, 1.807) is 25.1 Å². The zero-order chi connectivity index (χ0) is 29.2. The molecule has 10 heteroatoms. The van der Waals surface area contributed by atoms with Gasteiger partial charge in [-0.1, -0.05) is 45.0 Å². The van der Waals surface area contributed by atoms with Gasteiger partial charge in [-0.05, 0) is 55.5 Å². The Kier molecular flexibility index (Phi) is 10.7. The van der Waals surface area contributed by atoms with Crippen molar-refractivity contribution in [2.24, 2.45) is 11.8 Å². The van der Waals surface area contributed by atoms with Crippen LogP contribution in [0.15, 0.2) is 53.1 Å². The van der Waals surface area contributed by atoms with Crippen molar-refractivity contribution in [3.63, 3.8) is 0 Å². The molecule has 0 bridgehead atoms. The summed E-state index contributed by atoms with van der Waals surface area (Å²) in [6.45, 7) is 9.80. The molecule has 2 aromatic carbocycles. The minimum Gasteiger partial charge on any atom is -0.492 e. The first-order valence-electron chi connectivity index (χ1n) is 13.4. The molecule has 3 rings (SSSR count). The average molecular weight is 551 g/mol. The van der Waals surface area contributed by atoms with Crippen LogP contribution in [0.3, 0.4) is 0 Å². The number of oxazole rings is 1. The molecule has 0 spiro atoms. The molecule has 2 unspecified atom stereocenters. The molecule has 0 radical (unpaired) electrons. The monoisotopic (exact) mass is 550 g/mol. The fourth-order valence-electron chi connectivity index (χ4n) is 4.13. The van der Waals surface area contributed by atoms with Gasteiger partial charge in [-0.2, -0.15) is 0 Å². The standard InChI is InChI=1S/C30H38N4O6/c1-6-39-26-15-21(11-12-24(26)34-30(38)33-23-10-8-7-9-19(23)4)16-27(35)32-25(13-18(2)3)28-31-17-22(40-28)14-20(5)29(36)37/h7-12,15,17-18,20,25H,6,13-14,16H2,1-5H3,(H,32,35)(H,36,37)(H2,33,34,38). The number of aromatic nitrogens is 1. The number of nitrogens with one attached hydrogen (secondary N) is 3. The van der Waals surface area contributed by atoms with Gasteiger partial charge in [-0.3, -0.25) is 9.59 Å². The molecule has 0 saturated carbocycles. The lowest BCUT2D eigenvalue weighted by Gasteiger charge is -2.18. The Hall–Kier alpha value is -4.34. The third-order valence-corrected chi connectivity index (χ3v) is 6.19. The number of carboxylic acids is 1. The second-order valence-corrected chi connectivity index (χ2v) is 10.2. The van der Waals surface area contributed by atoms with Crippen LogP contribution in [0.5, 0.6) is 5.75 Å². The van der Waals surface area contributed by atoms with E-state index in [9.17, 15) is 14.4 Å². The van der Waals surface area contributed by atoms with Gasteiger partial charge in [0.15, 0.2) is 0 Å². The highest BCUT2D eigenvalue weighted by molar-refractivity contribution is 6.01. The zero-order valence-corrected chi connectivity index (χ0v) is 23.6. The van der Waals surface area contributed by atoms with Crippen molar-refractivity contribution in [2.45, 2.75) is 59.9 Å². The highest BCUT2D eigenvalue weighted by Crippen LogP contribution is 2.28. The second-order valence-electron chi connectivity index (χ2n) is 10.2. The summed E-state index contributed by atoms with van der Waals surface area (Å²) in [5.74, 6) is -0.234. The summed E-state index contributed by atoms with van der Waals surface area (Å²) in [7, 11) is 0. The maximum atomic E-state index is 13.0. The molecule has 3 aromatic rings. The summed E-state index contributed by atoms with van der Waals surface area (Å²) in [6.07, 6.45) is 2.41. The molecule has 2 atom stereocenters. The quantitative estimate of drug-likeness (QED) is 0.213. The van der Waals surface area contributed by atoms with Crippen LogP contribution in [-0.4, -0.2) is 34.6 Å². The van der Waals surface area contributed by atoms with Gasteiger partial charge < -0.3 is 30.2 Å². The van der Waals surface area contributed by atoms with E-state index in [1.165, 1.54) is 6.20 Å². The van der Waals surface area contributed by atoms with Crippen LogP contribution in [0, 0.1) is 18.8 Å². The molecule has 0 saturated heterocycles. The first-order valence-corrected chi connectivity index (χ1v) is 13.4. The lowest BCUT2D eigenvalue weighted by Crippen LogP contribution is -2.31. The van der Waals surface area contributed by atoms with E-state index in [4.69, 9.17) is 14.3 Å². The Balaban J connectivity index is 1.68. The fourth-order valence-corrected chi connectivity index (χ4v) is 4.13. The van der Waals surface area contributed by atoms with Crippen molar-refractivity contribution in [2.75, 3.05) is 17.2 Å². The number of nitrogens with zero attached hydrogens (tertiary/aromatic N) is 1. The van der Waals surface area contributed by atoms with Gasteiger partial charge in [-0.25, -0.2) is 9.78 Å². The van der Waals surface area contributed by atoms with Crippen LogP contribution in [0.25, 0.3) is 0 Å². The van der Waals surface area contributed by atoms with Crippen LogP contribution in [0.2, 0.25) is 0 Å². The van der Waals surface area contributed by atoms with Crippen molar-refractivity contribution in [1.29, 1.82) is 0 Å². The van der Waals surface area contributed by atoms with Crippen LogP contribution in [0.1, 0.15) is 62.9 Å². The van der Waals surface area contributed by atoms with E-state index in [-0.39, 0.29) is 24.7 Å². The Morgan fingerprint density at radius 3 is 2.45 bits per heavy atom. The smallest absolute Gasteiger partial charge is 0.323 e. The first kappa shape index (κ1) is 30.2. The van der Waals surface area contributed by atoms with Gasteiger partial charge in [0.2, 0.25) is 11.8 Å². The molecule has 214 valence electrons. The molecule has 3 amide bonds. The summed E-state index contributed by atoms with van der Waals surface area (Å²) in [6, 6.07) is 11.8. The van der Waals surface area contributed by atoms with Gasteiger partial charge in [0.1, 0.15) is 17.6 Å². The van der Waals surface area contributed by atoms with Crippen LogP contribution in [0.4, 0.5) is 16.2 Å². The number of hydrogen-bond donors (Lipinski definition) is 4. The molecule has 0 aliphatic carbocycles. The number of carbonyl (C=O) groups is 3. The second kappa shape index (κ2) is 14.2. The summed E-state index contributed by atoms with van der Waals surface area (Å²) in [5.41, 5.74) is 2.84. The minimum atomic E-state index is -0.912. The van der Waals surface area contributed by atoms with Crippen LogP contribution >= 0.6 is 0 Å². The predicted octanol–water partition coefficient (Wildman–Crippen LogP) is 5.74. The number of ether oxygens (including phenoxy) is 1. The van der Waals surface area contributed by atoms with Crippen LogP contribution in [-0.2, 0) is 22.4 Å². The number of benzene rings is 2. The Labute approximate surface area is 234 Å². The first-order chi connectivity index (χ1) is 19.0. The Bertz CT molecular complexity index is 1320. The van der Waals surface area contributed by atoms with E-state index >= 15 is 0 Å². The topological polar surface area (TPSA) is 143 Å². The highest BCUT2D eigenvalue weighted by Gasteiger charge is 2.23. The molecule has 0 fully saturated rings. The zero-order valence-electron chi connectivity index (χ0n) is 23.6. The third-order valence-electron chi connectivity index (χ3n) is 6.19. The molecule has 40 heavy (non-hydrogen) atoms. The van der Waals surface area contributed by atoms with Gasteiger partial charge in [-0.15, -0.1) is 0 Å². The number of aliphatic carboxylic acids is 1. The Morgan fingerprint density at radius 2 is 1.77 bits per heavy atom. The number of hydrogen-bond acceptors (Lipinski definition) is 6. The van der Waals surface area contributed by atoms with E-state index in [2.05, 4.69) is 20.9 Å². The summed E-state index contributed by atoms with van der Waals surface area (Å²) >= 11 is 0. The molecule has 1 heterocycles. The van der Waals surface area contributed by atoms with Gasteiger partial charge in [0.25, 0.3) is 0 Å². The van der Waals surface area contributed by atoms with Gasteiger partial charge in [0, 0.05) is 12.1 Å². The van der Waals surface area contributed by atoms with Gasteiger partial charge >= 0.3 is 12.0 Å². The Morgan fingerprint density at radius 1 is 1.05 bits per heavy atom. The minimum absolute atomic E-state index is 0.0774. The summed E-state index contributed by atoms with van der Waals surface area (Å²) in [4.78, 5) is 41.1. The number of carbonyl (C=O) groups excluding carboxylic acids is 2. The summed E-state index contributed by atoms with van der Waals surface area (Å²) < 4.78 is 11.6. The lowest BCUT2D eigenvalue weighted by molar-refractivity contribution is -0.141. The van der Waals surface area contributed by atoms with E-state index < -0.39 is 24.0 Å². The van der Waals surface area contributed by atoms with Crippen molar-refractivity contribution in [3.8, 4) is 5.75 Å². The molecule has 4 N–H and O–H groups in total. The van der Waals surface area contributed by atoms with E-state index in [0.29, 0.717) is 47.4 Å². The number of para-hydroxylation sites is 1. The molecular weight excluding hydrogens is 512 g/mol. The van der Waals surface area contributed by atoms with Crippen LogP contribution < -0.4 is 20.7 Å². The molecule has 0 aliphatic rings. The van der Waals surface area contributed by atoms with Crippen molar-refractivity contribution in [3.05, 3.63) is 71.4 Å². The average Bonchev–Trinajstić information content (AvgIpc) is 3.35. The number of aryl methyl sites for hydroxylation is 1. The fraction of sp³-hybridized carbons (Fsp3) is 0.400. The maximum Gasteiger partial charge on any atom is 0.323 e.